The highest BCUT2D eigenvalue weighted by Gasteiger charge is 2.59. The predicted molar refractivity (Wildman–Crippen MR) is 111 cm³/mol. The van der Waals surface area contributed by atoms with E-state index in [-0.39, 0.29) is 36.6 Å². The van der Waals surface area contributed by atoms with Gasteiger partial charge in [0.15, 0.2) is 0 Å². The molecule has 28 heavy (non-hydrogen) atoms. The summed E-state index contributed by atoms with van der Waals surface area (Å²) in [5.41, 5.74) is 11.3. The molecule has 158 valence electrons. The number of methoxy groups -OCH3 is 1. The molecule has 7 nitrogen and oxygen atoms in total. The fourth-order valence-electron chi connectivity index (χ4n) is 4.66. The van der Waals surface area contributed by atoms with Gasteiger partial charge in [-0.15, -0.1) is 0 Å². The van der Waals surface area contributed by atoms with Gasteiger partial charge < -0.3 is 35.2 Å². The van der Waals surface area contributed by atoms with Crippen LogP contribution in [0.25, 0.3) is 0 Å². The van der Waals surface area contributed by atoms with Crippen molar-refractivity contribution in [2.45, 2.75) is 80.2 Å². The number of hydrogen-bond acceptors (Lipinski definition) is 7. The van der Waals surface area contributed by atoms with E-state index < -0.39 is 11.4 Å². The van der Waals surface area contributed by atoms with Gasteiger partial charge in [0, 0.05) is 26.6 Å². The Kier molecular flexibility index (Phi) is 6.39. The summed E-state index contributed by atoms with van der Waals surface area (Å²) >= 11 is 6.82. The first-order chi connectivity index (χ1) is 13.3. The fourth-order valence-corrected chi connectivity index (χ4v) is 5.18. The topological polar surface area (TPSA) is 98.2 Å². The van der Waals surface area contributed by atoms with Crippen LogP contribution in [0.2, 0.25) is 0 Å². The summed E-state index contributed by atoms with van der Waals surface area (Å²) in [6.45, 7) is 0.622. The lowest BCUT2D eigenvalue weighted by atomic mass is 9.82. The molecule has 0 amide bonds. The van der Waals surface area contributed by atoms with Crippen LogP contribution in [0, 0.1) is 0 Å². The normalized spacial score (nSPS) is 48.5. The van der Waals surface area contributed by atoms with Crippen molar-refractivity contribution in [2.24, 2.45) is 11.5 Å². The van der Waals surface area contributed by atoms with Crippen LogP contribution in [0.3, 0.4) is 0 Å². The van der Waals surface area contributed by atoms with Crippen LogP contribution in [-0.4, -0.2) is 61.8 Å². The number of rotatable bonds is 2. The molecule has 0 aromatic heterocycles. The van der Waals surface area contributed by atoms with Crippen molar-refractivity contribution in [1.29, 1.82) is 0 Å². The van der Waals surface area contributed by atoms with Gasteiger partial charge in [-0.3, -0.25) is 0 Å². The largest absolute Gasteiger partial charge is 0.374 e. The summed E-state index contributed by atoms with van der Waals surface area (Å²) in [7, 11) is 1.66. The molecular weight excluding hydrogens is 496 g/mol. The van der Waals surface area contributed by atoms with Gasteiger partial charge >= 0.3 is 0 Å². The van der Waals surface area contributed by atoms with Gasteiger partial charge in [-0.1, -0.05) is 12.2 Å². The quantitative estimate of drug-likeness (QED) is 0.536. The Balaban J connectivity index is 1.57. The molecule has 0 saturated carbocycles. The molecule has 0 aromatic rings. The zero-order chi connectivity index (χ0) is 19.9. The Morgan fingerprint density at radius 2 is 1.96 bits per heavy atom. The van der Waals surface area contributed by atoms with Crippen LogP contribution >= 0.6 is 31.9 Å². The van der Waals surface area contributed by atoms with E-state index in [2.05, 4.69) is 31.9 Å². The molecule has 3 saturated heterocycles. The molecule has 0 aromatic carbocycles. The van der Waals surface area contributed by atoms with Gasteiger partial charge in [0.25, 0.3) is 0 Å². The average Bonchev–Trinajstić information content (AvgIpc) is 2.89. The molecule has 0 aliphatic carbocycles. The molecule has 9 heteroatoms. The lowest BCUT2D eigenvalue weighted by Crippen LogP contribution is -2.74. The Labute approximate surface area is 182 Å². The smallest absolute Gasteiger partial charge is 0.148 e. The van der Waals surface area contributed by atoms with Crippen molar-refractivity contribution < 1.29 is 23.7 Å². The van der Waals surface area contributed by atoms with E-state index in [1.807, 2.05) is 18.2 Å². The second kappa shape index (κ2) is 8.36. The van der Waals surface area contributed by atoms with E-state index in [4.69, 9.17) is 35.2 Å². The first kappa shape index (κ1) is 21.4. The van der Waals surface area contributed by atoms with Crippen LogP contribution in [0.5, 0.6) is 0 Å². The van der Waals surface area contributed by atoms with E-state index in [1.54, 1.807) is 7.11 Å². The minimum absolute atomic E-state index is 0.183. The van der Waals surface area contributed by atoms with Crippen LogP contribution in [0.1, 0.15) is 32.1 Å². The van der Waals surface area contributed by atoms with E-state index in [1.165, 1.54) is 0 Å². The van der Waals surface area contributed by atoms with Gasteiger partial charge in [0.05, 0.1) is 9.50 Å². The zero-order valence-corrected chi connectivity index (χ0v) is 19.1. The monoisotopic (exact) mass is 522 g/mol. The second-order valence-electron chi connectivity index (χ2n) is 8.04. The first-order valence-corrected chi connectivity index (χ1v) is 11.4. The third-order valence-electron chi connectivity index (χ3n) is 6.08. The maximum Gasteiger partial charge on any atom is 0.148 e. The number of nitrogens with two attached hydrogens (primary N) is 2. The molecule has 0 bridgehead atoms. The Bertz CT molecular complexity index is 646. The Morgan fingerprint density at radius 1 is 1.14 bits per heavy atom. The van der Waals surface area contributed by atoms with E-state index in [0.717, 1.165) is 22.7 Å². The summed E-state index contributed by atoms with van der Waals surface area (Å²) in [4.78, 5) is 0. The first-order valence-electron chi connectivity index (χ1n) is 9.77. The number of ether oxygens (including phenoxy) is 5. The molecule has 4 heterocycles. The van der Waals surface area contributed by atoms with Crippen molar-refractivity contribution in [2.75, 3.05) is 13.7 Å². The lowest BCUT2D eigenvalue weighted by Gasteiger charge is -2.55. The highest BCUT2D eigenvalue weighted by molar-refractivity contribution is 9.28. The summed E-state index contributed by atoms with van der Waals surface area (Å²) in [5, 5.41) is 0. The molecule has 8 unspecified atom stereocenters. The summed E-state index contributed by atoms with van der Waals surface area (Å²) in [6, 6.07) is 0. The number of hydrogen-bond donors (Lipinski definition) is 2. The predicted octanol–water partition coefficient (Wildman–Crippen LogP) is 2.41. The van der Waals surface area contributed by atoms with Crippen molar-refractivity contribution in [1.82, 2.24) is 0 Å². The maximum atomic E-state index is 6.69. The summed E-state index contributed by atoms with van der Waals surface area (Å²) < 4.78 is 31.4. The van der Waals surface area contributed by atoms with E-state index in [9.17, 15) is 0 Å². The summed E-state index contributed by atoms with van der Waals surface area (Å²) in [5.74, 6) is 0. The van der Waals surface area contributed by atoms with Crippen LogP contribution in [-0.2, 0) is 23.7 Å². The van der Waals surface area contributed by atoms with Gasteiger partial charge in [0.1, 0.15) is 42.0 Å². The molecule has 0 spiro atoms. The van der Waals surface area contributed by atoms with Crippen LogP contribution < -0.4 is 11.5 Å². The Hall–Kier alpha value is 0.160. The molecule has 4 rings (SSSR count). The third kappa shape index (κ3) is 4.15. The minimum atomic E-state index is -1.02. The van der Waals surface area contributed by atoms with Crippen molar-refractivity contribution in [3.05, 3.63) is 21.6 Å². The lowest BCUT2D eigenvalue weighted by molar-refractivity contribution is -0.315. The molecular formula is C19H28Br2N2O5. The van der Waals surface area contributed by atoms with Gasteiger partial charge in [-0.2, -0.15) is 0 Å². The molecule has 0 radical (unpaired) electrons. The summed E-state index contributed by atoms with van der Waals surface area (Å²) in [6.07, 6.45) is 8.28. The molecule has 8 atom stereocenters. The van der Waals surface area contributed by atoms with Crippen molar-refractivity contribution in [3.8, 4) is 0 Å². The van der Waals surface area contributed by atoms with Crippen LogP contribution in [0.4, 0.5) is 0 Å². The van der Waals surface area contributed by atoms with E-state index >= 15 is 0 Å². The third-order valence-corrected chi connectivity index (χ3v) is 6.61. The van der Waals surface area contributed by atoms with Crippen molar-refractivity contribution in [3.63, 3.8) is 0 Å². The zero-order valence-electron chi connectivity index (χ0n) is 15.9. The van der Waals surface area contributed by atoms with Gasteiger partial charge in [0.2, 0.25) is 0 Å². The Morgan fingerprint density at radius 3 is 2.71 bits per heavy atom. The highest BCUT2D eigenvalue weighted by Crippen LogP contribution is 2.44. The number of fused-ring (bicyclic) bond motifs is 3. The van der Waals surface area contributed by atoms with Crippen molar-refractivity contribution >= 4 is 31.9 Å². The standard InChI is InChI=1S/C19H28Br2N2O5/c1-24-11-5-6-12-13(26-14(11)9-17(20)21)8-16-19(23,28-12)10-18(22)15(27-16)4-2-3-7-25-18/h5-6,9,11-16H,2-4,7-8,10,22-23H2,1H3. The SMILES string of the molecule is COC1C=CC2OC3(N)CC4(N)OCCCCC4OC3CC2OC1C=C(Br)Br. The van der Waals surface area contributed by atoms with Crippen LogP contribution in [0.15, 0.2) is 21.6 Å². The number of halogens is 2. The maximum absolute atomic E-state index is 6.69. The second-order valence-corrected chi connectivity index (χ2v) is 10.8. The molecule has 4 N–H and O–H groups in total. The fraction of sp³-hybridized carbons (Fsp3) is 0.789. The van der Waals surface area contributed by atoms with Gasteiger partial charge in [-0.25, -0.2) is 0 Å². The average molecular weight is 524 g/mol. The molecule has 4 aliphatic heterocycles. The molecule has 3 fully saturated rings. The minimum Gasteiger partial charge on any atom is -0.374 e. The molecule has 4 aliphatic rings. The highest BCUT2D eigenvalue weighted by atomic mass is 79.9. The van der Waals surface area contributed by atoms with Gasteiger partial charge in [-0.05, 0) is 57.2 Å². The van der Waals surface area contributed by atoms with E-state index in [0.29, 0.717) is 19.4 Å².